The molecule has 1 aromatic carbocycles. The number of aliphatic hydroxyl groups excluding tert-OH is 1. The van der Waals surface area contributed by atoms with Gasteiger partial charge in [0.2, 0.25) is 0 Å². The highest BCUT2D eigenvalue weighted by atomic mass is 16.3. The van der Waals surface area contributed by atoms with Crippen molar-refractivity contribution >= 4 is 0 Å². The van der Waals surface area contributed by atoms with Gasteiger partial charge in [-0.25, -0.2) is 0 Å². The monoisotopic (exact) mass is 235 g/mol. The summed E-state index contributed by atoms with van der Waals surface area (Å²) in [5, 5.41) is 9.01. The summed E-state index contributed by atoms with van der Waals surface area (Å²) in [6.07, 6.45) is 0. The molecular weight excluding hydrogens is 210 g/mol. The fourth-order valence-electron chi connectivity index (χ4n) is 1.95. The van der Waals surface area contributed by atoms with E-state index < -0.39 is 0 Å². The van der Waals surface area contributed by atoms with E-state index in [9.17, 15) is 0 Å². The molecule has 1 N–H and O–H groups in total. The summed E-state index contributed by atoms with van der Waals surface area (Å²) in [6, 6.07) is 8.83. The molecule has 1 atom stereocenters. The summed E-state index contributed by atoms with van der Waals surface area (Å²) in [5.41, 5.74) is 2.30. The van der Waals surface area contributed by atoms with Gasteiger partial charge in [-0.15, -0.1) is 0 Å². The fourth-order valence-corrected chi connectivity index (χ4v) is 1.95. The first-order valence-corrected chi connectivity index (χ1v) is 6.51. The largest absolute Gasteiger partial charge is 0.392 e. The molecule has 0 bridgehead atoms. The van der Waals surface area contributed by atoms with Crippen molar-refractivity contribution in [2.45, 2.75) is 46.9 Å². The Hall–Kier alpha value is -0.860. The van der Waals surface area contributed by atoms with Gasteiger partial charge < -0.3 is 5.11 Å². The minimum Gasteiger partial charge on any atom is -0.392 e. The van der Waals surface area contributed by atoms with Gasteiger partial charge in [-0.1, -0.05) is 45.0 Å². The smallest absolute Gasteiger partial charge is 0.0681 e. The molecule has 1 rings (SSSR count). The maximum atomic E-state index is 9.01. The van der Waals surface area contributed by atoms with E-state index >= 15 is 0 Å². The predicted molar refractivity (Wildman–Crippen MR) is 72.7 cm³/mol. The Morgan fingerprint density at radius 1 is 1.06 bits per heavy atom. The number of nitrogens with zero attached hydrogens (tertiary/aromatic N) is 1. The van der Waals surface area contributed by atoms with Crippen LogP contribution in [0.15, 0.2) is 24.3 Å². The van der Waals surface area contributed by atoms with Crippen molar-refractivity contribution in [2.24, 2.45) is 5.92 Å². The minimum absolute atomic E-state index is 0.125. The molecule has 0 aliphatic heterocycles. The Labute approximate surface area is 105 Å². The van der Waals surface area contributed by atoms with E-state index in [-0.39, 0.29) is 6.61 Å². The number of hydrogen-bond donors (Lipinski definition) is 1. The highest BCUT2D eigenvalue weighted by molar-refractivity contribution is 5.21. The molecule has 96 valence electrons. The third-order valence-corrected chi connectivity index (χ3v) is 3.54. The lowest BCUT2D eigenvalue weighted by Crippen LogP contribution is -2.35. The van der Waals surface area contributed by atoms with Crippen molar-refractivity contribution < 1.29 is 5.11 Å². The molecule has 0 saturated heterocycles. The highest BCUT2D eigenvalue weighted by Crippen LogP contribution is 2.14. The molecule has 0 spiro atoms. The molecule has 1 unspecified atom stereocenters. The summed E-state index contributed by atoms with van der Waals surface area (Å²) >= 11 is 0. The molecule has 17 heavy (non-hydrogen) atoms. The van der Waals surface area contributed by atoms with Gasteiger partial charge in [0.1, 0.15) is 0 Å². The summed E-state index contributed by atoms with van der Waals surface area (Å²) in [6.45, 7) is 11.2. The van der Waals surface area contributed by atoms with Crippen LogP contribution >= 0.6 is 0 Å². The van der Waals surface area contributed by atoms with E-state index in [1.54, 1.807) is 0 Å². The number of hydrogen-bond acceptors (Lipinski definition) is 2. The molecule has 0 heterocycles. The van der Waals surface area contributed by atoms with Gasteiger partial charge in [-0.3, -0.25) is 4.90 Å². The lowest BCUT2D eigenvalue weighted by Gasteiger charge is -2.30. The van der Waals surface area contributed by atoms with Gasteiger partial charge in [-0.2, -0.15) is 0 Å². The maximum Gasteiger partial charge on any atom is 0.0681 e. The van der Waals surface area contributed by atoms with Crippen molar-refractivity contribution in [2.75, 3.05) is 6.54 Å². The van der Waals surface area contributed by atoms with Crippen molar-refractivity contribution in [3.05, 3.63) is 35.4 Å². The summed E-state index contributed by atoms with van der Waals surface area (Å²) in [7, 11) is 0. The normalized spacial score (nSPS) is 13.4. The average molecular weight is 235 g/mol. The topological polar surface area (TPSA) is 23.5 Å². The van der Waals surface area contributed by atoms with Crippen molar-refractivity contribution in [3.63, 3.8) is 0 Å². The summed E-state index contributed by atoms with van der Waals surface area (Å²) in [5.74, 6) is 0.673. The van der Waals surface area contributed by atoms with Gasteiger partial charge >= 0.3 is 0 Å². The molecule has 1 aromatic rings. The zero-order valence-corrected chi connectivity index (χ0v) is 11.5. The Morgan fingerprint density at radius 2 is 1.59 bits per heavy atom. The average Bonchev–Trinajstić information content (AvgIpc) is 2.35. The Bertz CT molecular complexity index is 318. The second-order valence-corrected chi connectivity index (χ2v) is 5.02. The zero-order chi connectivity index (χ0) is 12.8. The second kappa shape index (κ2) is 6.77. The van der Waals surface area contributed by atoms with Crippen LogP contribution in [0.4, 0.5) is 0 Å². The lowest BCUT2D eigenvalue weighted by molar-refractivity contribution is 0.169. The first-order chi connectivity index (χ1) is 8.08. The molecule has 0 radical (unpaired) electrons. The van der Waals surface area contributed by atoms with E-state index in [2.05, 4.69) is 44.7 Å². The van der Waals surface area contributed by atoms with Gasteiger partial charge in [-0.05, 0) is 30.5 Å². The van der Waals surface area contributed by atoms with E-state index in [4.69, 9.17) is 5.11 Å². The number of rotatable bonds is 6. The van der Waals surface area contributed by atoms with E-state index in [1.165, 1.54) is 5.56 Å². The predicted octanol–water partition coefficient (Wildman–Crippen LogP) is 3.05. The van der Waals surface area contributed by atoms with Gasteiger partial charge in [0.05, 0.1) is 6.61 Å². The van der Waals surface area contributed by atoms with Crippen LogP contribution in [0.2, 0.25) is 0 Å². The lowest BCUT2D eigenvalue weighted by atomic mass is 10.0. The van der Waals surface area contributed by atoms with Gasteiger partial charge in [0.15, 0.2) is 0 Å². The quantitative estimate of drug-likeness (QED) is 0.819. The molecule has 0 amide bonds. The molecule has 0 saturated carbocycles. The Morgan fingerprint density at radius 3 is 2.00 bits per heavy atom. The van der Waals surface area contributed by atoms with Gasteiger partial charge in [0, 0.05) is 12.6 Å². The zero-order valence-electron chi connectivity index (χ0n) is 11.5. The van der Waals surface area contributed by atoms with E-state index in [1.807, 2.05) is 12.1 Å². The molecule has 0 aliphatic rings. The second-order valence-electron chi connectivity index (χ2n) is 5.02. The van der Waals surface area contributed by atoms with Crippen LogP contribution in [0.1, 0.15) is 38.8 Å². The standard InChI is InChI=1S/C15H25NO/c1-5-16(13(4)12(2)3)10-14-6-8-15(11-17)9-7-14/h6-9,12-13,17H,5,10-11H2,1-4H3. The van der Waals surface area contributed by atoms with Crippen LogP contribution < -0.4 is 0 Å². The molecular formula is C15H25NO. The third-order valence-electron chi connectivity index (χ3n) is 3.54. The van der Waals surface area contributed by atoms with Crippen molar-refractivity contribution in [1.29, 1.82) is 0 Å². The highest BCUT2D eigenvalue weighted by Gasteiger charge is 2.15. The molecule has 2 heteroatoms. The SMILES string of the molecule is CCN(Cc1ccc(CO)cc1)C(C)C(C)C. The number of aliphatic hydroxyl groups is 1. The van der Waals surface area contributed by atoms with E-state index in [0.717, 1.165) is 18.7 Å². The molecule has 0 aromatic heterocycles. The molecule has 0 aliphatic carbocycles. The van der Waals surface area contributed by atoms with Crippen LogP contribution in [0.25, 0.3) is 0 Å². The van der Waals surface area contributed by atoms with Crippen LogP contribution in [0, 0.1) is 5.92 Å². The van der Waals surface area contributed by atoms with Crippen molar-refractivity contribution in [3.8, 4) is 0 Å². The Kier molecular flexibility index (Phi) is 5.66. The molecule has 0 fully saturated rings. The van der Waals surface area contributed by atoms with E-state index in [0.29, 0.717) is 12.0 Å². The van der Waals surface area contributed by atoms with Crippen LogP contribution in [0.5, 0.6) is 0 Å². The molecule has 2 nitrogen and oxygen atoms in total. The first kappa shape index (κ1) is 14.2. The maximum absolute atomic E-state index is 9.01. The first-order valence-electron chi connectivity index (χ1n) is 6.51. The van der Waals surface area contributed by atoms with Crippen molar-refractivity contribution in [1.82, 2.24) is 4.90 Å². The van der Waals surface area contributed by atoms with Gasteiger partial charge in [0.25, 0.3) is 0 Å². The number of benzene rings is 1. The third kappa shape index (κ3) is 4.14. The van der Waals surface area contributed by atoms with Crippen LogP contribution in [-0.2, 0) is 13.2 Å². The van der Waals surface area contributed by atoms with Crippen LogP contribution in [0.3, 0.4) is 0 Å². The van der Waals surface area contributed by atoms with Crippen LogP contribution in [-0.4, -0.2) is 22.6 Å². The Balaban J connectivity index is 2.66. The minimum atomic E-state index is 0.125. The fraction of sp³-hybridized carbons (Fsp3) is 0.600. The summed E-state index contributed by atoms with van der Waals surface area (Å²) in [4.78, 5) is 2.48. The summed E-state index contributed by atoms with van der Waals surface area (Å²) < 4.78 is 0.